The van der Waals surface area contributed by atoms with E-state index < -0.39 is 0 Å². The molecule has 0 aromatic carbocycles. The summed E-state index contributed by atoms with van der Waals surface area (Å²) in [6.07, 6.45) is 11.2. The SMILES string of the molecule is O=C(NC/C=C\COc1cc(CN2CCCCC2)ccn1)c1ccc[nH]1. The Morgan fingerprint density at radius 1 is 1.27 bits per heavy atom. The summed E-state index contributed by atoms with van der Waals surface area (Å²) in [6.45, 7) is 4.20. The number of carbonyl (C=O) groups excluding carboxylic acids is 1. The highest BCUT2D eigenvalue weighted by molar-refractivity contribution is 5.92. The van der Waals surface area contributed by atoms with Crippen LogP contribution in [0.5, 0.6) is 5.88 Å². The van der Waals surface area contributed by atoms with Gasteiger partial charge < -0.3 is 15.0 Å². The average Bonchev–Trinajstić information content (AvgIpc) is 3.20. The zero-order valence-electron chi connectivity index (χ0n) is 15.0. The van der Waals surface area contributed by atoms with Gasteiger partial charge in [0.1, 0.15) is 12.3 Å². The smallest absolute Gasteiger partial charge is 0.267 e. The number of aromatic nitrogens is 2. The third-order valence-electron chi connectivity index (χ3n) is 4.37. The first-order chi connectivity index (χ1) is 12.8. The van der Waals surface area contributed by atoms with Gasteiger partial charge in [0, 0.05) is 31.5 Å². The van der Waals surface area contributed by atoms with Crippen molar-refractivity contribution in [1.82, 2.24) is 20.2 Å². The summed E-state index contributed by atoms with van der Waals surface area (Å²) in [5, 5.41) is 2.80. The third-order valence-corrected chi connectivity index (χ3v) is 4.37. The second-order valence-electron chi connectivity index (χ2n) is 6.42. The highest BCUT2D eigenvalue weighted by Gasteiger charge is 2.10. The Balaban J connectivity index is 1.37. The molecule has 0 radical (unpaired) electrons. The molecule has 1 aliphatic heterocycles. The number of rotatable bonds is 8. The van der Waals surface area contributed by atoms with E-state index in [9.17, 15) is 4.79 Å². The summed E-state index contributed by atoms with van der Waals surface area (Å²) < 4.78 is 5.68. The summed E-state index contributed by atoms with van der Waals surface area (Å²) in [4.78, 5) is 21.4. The summed E-state index contributed by atoms with van der Waals surface area (Å²) in [7, 11) is 0. The molecular weight excluding hydrogens is 328 g/mol. The lowest BCUT2D eigenvalue weighted by Crippen LogP contribution is -2.29. The number of amides is 1. The van der Waals surface area contributed by atoms with Crippen molar-refractivity contribution in [1.29, 1.82) is 0 Å². The van der Waals surface area contributed by atoms with Gasteiger partial charge in [0.15, 0.2) is 0 Å². The molecule has 2 aromatic rings. The number of nitrogens with zero attached hydrogens (tertiary/aromatic N) is 2. The molecule has 1 fully saturated rings. The zero-order chi connectivity index (χ0) is 18.0. The molecule has 0 unspecified atom stereocenters. The molecule has 0 aliphatic carbocycles. The Bertz CT molecular complexity index is 706. The molecular formula is C20H26N4O2. The summed E-state index contributed by atoms with van der Waals surface area (Å²) in [5.74, 6) is 0.521. The highest BCUT2D eigenvalue weighted by Crippen LogP contribution is 2.15. The number of pyridine rings is 1. The van der Waals surface area contributed by atoms with E-state index in [1.165, 1.54) is 37.9 Å². The van der Waals surface area contributed by atoms with Crippen LogP contribution in [-0.4, -0.2) is 47.0 Å². The second-order valence-corrected chi connectivity index (χ2v) is 6.42. The van der Waals surface area contributed by atoms with E-state index in [-0.39, 0.29) is 5.91 Å². The van der Waals surface area contributed by atoms with Crippen molar-refractivity contribution in [2.45, 2.75) is 25.8 Å². The van der Waals surface area contributed by atoms with Gasteiger partial charge >= 0.3 is 0 Å². The zero-order valence-corrected chi connectivity index (χ0v) is 15.0. The number of nitrogens with one attached hydrogen (secondary N) is 2. The van der Waals surface area contributed by atoms with Crippen LogP contribution in [0.25, 0.3) is 0 Å². The fourth-order valence-corrected chi connectivity index (χ4v) is 3.01. The van der Waals surface area contributed by atoms with Gasteiger partial charge in [-0.25, -0.2) is 4.98 Å². The molecule has 26 heavy (non-hydrogen) atoms. The molecule has 2 aromatic heterocycles. The fourth-order valence-electron chi connectivity index (χ4n) is 3.01. The molecule has 3 heterocycles. The van der Waals surface area contributed by atoms with Crippen LogP contribution in [0.4, 0.5) is 0 Å². The molecule has 6 heteroatoms. The number of hydrogen-bond donors (Lipinski definition) is 2. The number of aromatic amines is 1. The molecule has 138 valence electrons. The van der Waals surface area contributed by atoms with Gasteiger partial charge in [-0.1, -0.05) is 12.5 Å². The van der Waals surface area contributed by atoms with E-state index in [1.54, 1.807) is 24.5 Å². The first-order valence-corrected chi connectivity index (χ1v) is 9.18. The van der Waals surface area contributed by atoms with Gasteiger partial charge in [0.25, 0.3) is 5.91 Å². The molecule has 1 saturated heterocycles. The summed E-state index contributed by atoms with van der Waals surface area (Å²) in [5.41, 5.74) is 1.79. The monoisotopic (exact) mass is 354 g/mol. The molecule has 1 aliphatic rings. The van der Waals surface area contributed by atoms with Crippen molar-refractivity contribution in [3.63, 3.8) is 0 Å². The van der Waals surface area contributed by atoms with Crippen LogP contribution >= 0.6 is 0 Å². The quantitative estimate of drug-likeness (QED) is 0.715. The average molecular weight is 354 g/mol. The molecule has 2 N–H and O–H groups in total. The van der Waals surface area contributed by atoms with Gasteiger partial charge in [-0.05, 0) is 55.8 Å². The van der Waals surface area contributed by atoms with Crippen molar-refractivity contribution in [2.24, 2.45) is 0 Å². The minimum absolute atomic E-state index is 0.118. The summed E-state index contributed by atoms with van der Waals surface area (Å²) in [6, 6.07) is 7.60. The maximum Gasteiger partial charge on any atom is 0.267 e. The topological polar surface area (TPSA) is 70.2 Å². The molecule has 1 amide bonds. The van der Waals surface area contributed by atoms with Crippen LogP contribution < -0.4 is 10.1 Å². The van der Waals surface area contributed by atoms with E-state index in [4.69, 9.17) is 4.74 Å². The van der Waals surface area contributed by atoms with E-state index in [0.717, 1.165) is 6.54 Å². The van der Waals surface area contributed by atoms with Crippen LogP contribution in [0, 0.1) is 0 Å². The minimum Gasteiger partial charge on any atom is -0.473 e. The predicted molar refractivity (Wildman–Crippen MR) is 101 cm³/mol. The van der Waals surface area contributed by atoms with E-state index in [2.05, 4.69) is 20.2 Å². The van der Waals surface area contributed by atoms with Gasteiger partial charge in [0.05, 0.1) is 0 Å². The standard InChI is InChI=1S/C20H26N4O2/c25-20(18-7-6-10-21-18)23-9-2-5-14-26-19-15-17(8-11-22-19)16-24-12-3-1-4-13-24/h2,5-8,10-11,15,21H,1,3-4,9,12-14,16H2,(H,23,25)/b5-2-. The maximum absolute atomic E-state index is 11.7. The Kier molecular flexibility index (Phi) is 6.84. The number of H-pyrrole nitrogens is 1. The normalized spacial score (nSPS) is 15.2. The number of ether oxygens (including phenoxy) is 1. The van der Waals surface area contributed by atoms with Gasteiger partial charge in [-0.2, -0.15) is 0 Å². The Morgan fingerprint density at radius 3 is 2.96 bits per heavy atom. The van der Waals surface area contributed by atoms with Crippen LogP contribution in [-0.2, 0) is 6.54 Å². The van der Waals surface area contributed by atoms with Gasteiger partial charge in [0.2, 0.25) is 5.88 Å². The first-order valence-electron chi connectivity index (χ1n) is 9.18. The molecule has 0 saturated carbocycles. The highest BCUT2D eigenvalue weighted by atomic mass is 16.5. The molecule has 3 rings (SSSR count). The number of carbonyl (C=O) groups is 1. The second kappa shape index (κ2) is 9.77. The van der Waals surface area contributed by atoms with Crippen molar-refractivity contribution in [3.05, 3.63) is 60.1 Å². The predicted octanol–water partition coefficient (Wildman–Crippen LogP) is 2.76. The third kappa shape index (κ3) is 5.74. The van der Waals surface area contributed by atoms with Crippen LogP contribution in [0.3, 0.4) is 0 Å². The Labute approximate surface area is 154 Å². The molecule has 0 spiro atoms. The van der Waals surface area contributed by atoms with E-state index in [1.807, 2.05) is 24.3 Å². The lowest BCUT2D eigenvalue weighted by atomic mass is 10.1. The van der Waals surface area contributed by atoms with Crippen LogP contribution in [0.2, 0.25) is 0 Å². The van der Waals surface area contributed by atoms with E-state index >= 15 is 0 Å². The largest absolute Gasteiger partial charge is 0.473 e. The van der Waals surface area contributed by atoms with Crippen LogP contribution in [0.1, 0.15) is 35.3 Å². The number of likely N-dealkylation sites (tertiary alicyclic amines) is 1. The van der Waals surface area contributed by atoms with Gasteiger partial charge in [-0.15, -0.1) is 0 Å². The molecule has 0 bridgehead atoms. The molecule has 0 atom stereocenters. The van der Waals surface area contributed by atoms with Crippen molar-refractivity contribution < 1.29 is 9.53 Å². The van der Waals surface area contributed by atoms with E-state index in [0.29, 0.717) is 24.7 Å². The molecule has 6 nitrogen and oxygen atoms in total. The van der Waals surface area contributed by atoms with Crippen molar-refractivity contribution in [2.75, 3.05) is 26.2 Å². The number of piperidine rings is 1. The lowest BCUT2D eigenvalue weighted by Gasteiger charge is -2.26. The number of hydrogen-bond acceptors (Lipinski definition) is 4. The Hall–Kier alpha value is -2.60. The van der Waals surface area contributed by atoms with Gasteiger partial charge in [-0.3, -0.25) is 9.69 Å². The summed E-state index contributed by atoms with van der Waals surface area (Å²) >= 11 is 0. The maximum atomic E-state index is 11.7. The first kappa shape index (κ1) is 18.2. The Morgan fingerprint density at radius 2 is 2.15 bits per heavy atom. The minimum atomic E-state index is -0.118. The van der Waals surface area contributed by atoms with Crippen LogP contribution in [0.15, 0.2) is 48.8 Å². The lowest BCUT2D eigenvalue weighted by molar-refractivity contribution is 0.0953. The van der Waals surface area contributed by atoms with Crippen molar-refractivity contribution >= 4 is 5.91 Å². The fraction of sp³-hybridized carbons (Fsp3) is 0.400. The van der Waals surface area contributed by atoms with Crippen molar-refractivity contribution in [3.8, 4) is 5.88 Å².